The predicted molar refractivity (Wildman–Crippen MR) is 93.5 cm³/mol. The van der Waals surface area contributed by atoms with Crippen molar-refractivity contribution in [1.29, 1.82) is 0 Å². The monoisotopic (exact) mass is 315 g/mol. The van der Waals surface area contributed by atoms with Gasteiger partial charge in [-0.3, -0.25) is 4.79 Å². The lowest BCUT2D eigenvalue weighted by molar-refractivity contribution is -0.117. The molecule has 2 amide bonds. The largest absolute Gasteiger partial charge is 0.357 e. The summed E-state index contributed by atoms with van der Waals surface area (Å²) in [5.74, 6) is 0.131. The molecule has 23 heavy (non-hydrogen) atoms. The van der Waals surface area contributed by atoms with E-state index in [0.717, 1.165) is 17.8 Å². The Hall–Kier alpha value is -2.30. The first-order chi connectivity index (χ1) is 10.7. The van der Waals surface area contributed by atoms with Crippen molar-refractivity contribution in [2.75, 3.05) is 10.6 Å². The maximum Gasteiger partial charge on any atom is 0.319 e. The van der Waals surface area contributed by atoms with Gasteiger partial charge in [0, 0.05) is 24.2 Å². The molecule has 1 aromatic rings. The molecule has 124 valence electrons. The third kappa shape index (κ3) is 5.13. The van der Waals surface area contributed by atoms with Gasteiger partial charge in [-0.15, -0.1) is 0 Å². The minimum atomic E-state index is -0.247. The van der Waals surface area contributed by atoms with E-state index in [1.54, 1.807) is 6.08 Å². The first kappa shape index (κ1) is 17.1. The predicted octanol–water partition coefficient (Wildman–Crippen LogP) is 3.90. The van der Waals surface area contributed by atoms with Crippen LogP contribution in [0.1, 0.15) is 40.5 Å². The number of amides is 2. The van der Waals surface area contributed by atoms with Crippen LogP contribution in [0.3, 0.4) is 0 Å². The lowest BCUT2D eigenvalue weighted by atomic mass is 9.79. The van der Waals surface area contributed by atoms with Gasteiger partial charge in [0.05, 0.1) is 11.4 Å². The van der Waals surface area contributed by atoms with E-state index < -0.39 is 0 Å². The first-order valence-corrected chi connectivity index (χ1v) is 7.92. The molecular weight excluding hydrogens is 290 g/mol. The third-order valence-corrected chi connectivity index (χ3v) is 3.55. The number of hydrogen-bond donors (Lipinski definition) is 3. The number of hydrogen-bond acceptors (Lipinski definition) is 3. The van der Waals surface area contributed by atoms with E-state index in [2.05, 4.69) is 29.8 Å². The van der Waals surface area contributed by atoms with Crippen LogP contribution in [0.2, 0.25) is 0 Å². The second-order valence-electron chi connectivity index (χ2n) is 7.08. The van der Waals surface area contributed by atoms with Gasteiger partial charge in [0.2, 0.25) is 0 Å². The molecule has 3 N–H and O–H groups in total. The highest BCUT2D eigenvalue weighted by atomic mass is 16.2. The van der Waals surface area contributed by atoms with Gasteiger partial charge in [-0.25, -0.2) is 4.79 Å². The number of rotatable bonds is 4. The van der Waals surface area contributed by atoms with Crippen LogP contribution in [0.25, 0.3) is 0 Å². The van der Waals surface area contributed by atoms with Gasteiger partial charge >= 0.3 is 6.03 Å². The molecular formula is C18H25N3O2. The van der Waals surface area contributed by atoms with Gasteiger partial charge in [-0.2, -0.15) is 0 Å². The fraction of sp³-hybridized carbons (Fsp3) is 0.444. The van der Waals surface area contributed by atoms with Gasteiger partial charge in [0.15, 0.2) is 5.78 Å². The summed E-state index contributed by atoms with van der Waals surface area (Å²) in [5, 5.41) is 8.93. The molecule has 1 aliphatic rings. The summed E-state index contributed by atoms with van der Waals surface area (Å²) < 4.78 is 0. The molecule has 0 radical (unpaired) electrons. The number of anilines is 2. The van der Waals surface area contributed by atoms with Crippen molar-refractivity contribution in [3.63, 3.8) is 0 Å². The Morgan fingerprint density at radius 2 is 1.78 bits per heavy atom. The molecule has 0 spiro atoms. The summed E-state index contributed by atoms with van der Waals surface area (Å²) >= 11 is 0. The second-order valence-corrected chi connectivity index (χ2v) is 7.08. The Morgan fingerprint density at radius 1 is 1.13 bits per heavy atom. The lowest BCUT2D eigenvalue weighted by Gasteiger charge is -2.29. The van der Waals surface area contributed by atoms with Crippen LogP contribution in [0.5, 0.6) is 0 Å². The van der Waals surface area contributed by atoms with E-state index in [1.165, 1.54) is 0 Å². The minimum absolute atomic E-state index is 0.0500. The van der Waals surface area contributed by atoms with Crippen molar-refractivity contribution in [3.8, 4) is 0 Å². The smallest absolute Gasteiger partial charge is 0.319 e. The topological polar surface area (TPSA) is 70.2 Å². The number of urea groups is 1. The zero-order valence-electron chi connectivity index (χ0n) is 14.2. The molecule has 0 aromatic heterocycles. The molecule has 0 heterocycles. The van der Waals surface area contributed by atoms with Crippen LogP contribution in [0.15, 0.2) is 36.0 Å². The summed E-state index contributed by atoms with van der Waals surface area (Å²) in [6.07, 6.45) is 3.02. The number of carbonyl (C=O) groups excluding carboxylic acids is 2. The number of benzene rings is 1. The molecule has 0 bridgehead atoms. The van der Waals surface area contributed by atoms with Crippen LogP contribution in [0, 0.1) is 5.41 Å². The van der Waals surface area contributed by atoms with Crippen LogP contribution >= 0.6 is 0 Å². The van der Waals surface area contributed by atoms with Crippen LogP contribution in [-0.4, -0.2) is 17.9 Å². The summed E-state index contributed by atoms with van der Waals surface area (Å²) in [4.78, 5) is 23.8. The third-order valence-electron chi connectivity index (χ3n) is 3.55. The Balaban J connectivity index is 2.14. The SMILES string of the molecule is CC(C)NC(=O)Nc1ccccc1NC1=CC(=O)CC(C)(C)C1. The molecule has 0 fully saturated rings. The van der Waals surface area contributed by atoms with Gasteiger partial charge in [-0.05, 0) is 37.8 Å². The zero-order valence-corrected chi connectivity index (χ0v) is 14.2. The van der Waals surface area contributed by atoms with Crippen molar-refractivity contribution >= 4 is 23.2 Å². The summed E-state index contributed by atoms with van der Waals surface area (Å²) in [5.41, 5.74) is 2.29. The number of nitrogens with one attached hydrogen (secondary N) is 3. The Bertz CT molecular complexity index is 633. The Morgan fingerprint density at radius 3 is 2.39 bits per heavy atom. The number of allylic oxidation sites excluding steroid dienone is 2. The molecule has 0 aliphatic heterocycles. The molecule has 5 heteroatoms. The normalized spacial score (nSPS) is 16.7. The van der Waals surface area contributed by atoms with E-state index in [9.17, 15) is 9.59 Å². The average Bonchev–Trinajstić information content (AvgIpc) is 2.37. The van der Waals surface area contributed by atoms with E-state index >= 15 is 0 Å². The van der Waals surface area contributed by atoms with E-state index in [-0.39, 0.29) is 23.3 Å². The lowest BCUT2D eigenvalue weighted by Crippen LogP contribution is -2.34. The Kier molecular flexibility index (Phi) is 5.08. The van der Waals surface area contributed by atoms with Crippen LogP contribution in [-0.2, 0) is 4.79 Å². The highest BCUT2D eigenvalue weighted by Gasteiger charge is 2.27. The van der Waals surface area contributed by atoms with Gasteiger partial charge < -0.3 is 16.0 Å². The number of para-hydroxylation sites is 2. The summed E-state index contributed by atoms with van der Waals surface area (Å²) in [7, 11) is 0. The standard InChI is InChI=1S/C18H25N3O2/c1-12(2)19-17(23)21-16-8-6-5-7-15(16)20-13-9-14(22)11-18(3,4)10-13/h5-9,12,20H,10-11H2,1-4H3,(H2,19,21,23). The molecule has 0 unspecified atom stereocenters. The molecule has 1 aromatic carbocycles. The number of carbonyl (C=O) groups is 2. The molecule has 5 nitrogen and oxygen atoms in total. The summed E-state index contributed by atoms with van der Waals surface area (Å²) in [6, 6.07) is 7.29. The fourth-order valence-corrected chi connectivity index (χ4v) is 2.72. The average molecular weight is 315 g/mol. The van der Waals surface area contributed by atoms with Crippen molar-refractivity contribution < 1.29 is 9.59 Å². The maximum atomic E-state index is 11.9. The highest BCUT2D eigenvalue weighted by molar-refractivity contribution is 5.95. The van der Waals surface area contributed by atoms with Crippen molar-refractivity contribution in [2.45, 2.75) is 46.6 Å². The molecule has 0 atom stereocenters. The van der Waals surface area contributed by atoms with E-state index in [1.807, 2.05) is 38.1 Å². The highest BCUT2D eigenvalue weighted by Crippen LogP contribution is 2.35. The van der Waals surface area contributed by atoms with Crippen molar-refractivity contribution in [1.82, 2.24) is 5.32 Å². The quantitative estimate of drug-likeness (QED) is 0.789. The second kappa shape index (κ2) is 6.86. The molecule has 2 rings (SSSR count). The van der Waals surface area contributed by atoms with Gasteiger partial charge in [0.1, 0.15) is 0 Å². The maximum absolute atomic E-state index is 11.9. The molecule has 0 saturated heterocycles. The van der Waals surface area contributed by atoms with Gasteiger partial charge in [0.25, 0.3) is 0 Å². The van der Waals surface area contributed by atoms with Crippen molar-refractivity contribution in [3.05, 3.63) is 36.0 Å². The molecule has 0 saturated carbocycles. The minimum Gasteiger partial charge on any atom is -0.357 e. The summed E-state index contributed by atoms with van der Waals surface area (Å²) in [6.45, 7) is 7.98. The Labute approximate surface area is 137 Å². The van der Waals surface area contributed by atoms with E-state index in [4.69, 9.17) is 0 Å². The first-order valence-electron chi connectivity index (χ1n) is 7.92. The van der Waals surface area contributed by atoms with Crippen LogP contribution in [0.4, 0.5) is 16.2 Å². The van der Waals surface area contributed by atoms with Gasteiger partial charge in [-0.1, -0.05) is 26.0 Å². The van der Waals surface area contributed by atoms with Crippen molar-refractivity contribution in [2.24, 2.45) is 5.41 Å². The number of ketones is 1. The van der Waals surface area contributed by atoms with Crippen LogP contribution < -0.4 is 16.0 Å². The molecule has 1 aliphatic carbocycles. The van der Waals surface area contributed by atoms with E-state index in [0.29, 0.717) is 12.1 Å². The fourth-order valence-electron chi connectivity index (χ4n) is 2.72. The zero-order chi connectivity index (χ0) is 17.0.